The molecule has 7 heteroatoms. The van der Waals surface area contributed by atoms with Crippen LogP contribution in [-0.2, 0) is 6.54 Å². The largest absolute Gasteiger partial charge is 0.363 e. The number of halogens is 1. The molecule has 110 valence electrons. The fourth-order valence-electron chi connectivity index (χ4n) is 1.59. The van der Waals surface area contributed by atoms with Gasteiger partial charge in [-0.05, 0) is 30.3 Å². The molecule has 0 radical (unpaired) electrons. The number of hydrogen-bond acceptors (Lipinski definition) is 4. The number of anilines is 2. The molecule has 0 unspecified atom stereocenters. The van der Waals surface area contributed by atoms with E-state index in [0.29, 0.717) is 11.5 Å². The summed E-state index contributed by atoms with van der Waals surface area (Å²) in [7, 11) is 3.75. The molecule has 0 spiro atoms. The second-order valence-corrected chi connectivity index (χ2v) is 4.54. The van der Waals surface area contributed by atoms with Crippen molar-refractivity contribution in [2.45, 2.75) is 6.54 Å². The monoisotopic (exact) mass is 289 g/mol. The number of aromatic nitrogens is 2. The van der Waals surface area contributed by atoms with Gasteiger partial charge in [-0.2, -0.15) is 0 Å². The number of rotatable bonds is 4. The van der Waals surface area contributed by atoms with Crippen LogP contribution in [0.25, 0.3) is 0 Å². The van der Waals surface area contributed by atoms with Crippen LogP contribution >= 0.6 is 0 Å². The predicted molar refractivity (Wildman–Crippen MR) is 78.6 cm³/mol. The van der Waals surface area contributed by atoms with Gasteiger partial charge in [0.1, 0.15) is 17.5 Å². The molecular formula is C14H16FN5O. The topological polar surface area (TPSA) is 70.2 Å². The number of nitrogens with zero attached hydrogens (tertiary/aromatic N) is 3. The highest BCUT2D eigenvalue weighted by molar-refractivity contribution is 5.89. The maximum absolute atomic E-state index is 12.7. The zero-order valence-corrected chi connectivity index (χ0v) is 11.8. The van der Waals surface area contributed by atoms with E-state index in [1.807, 2.05) is 19.0 Å². The molecule has 0 aliphatic carbocycles. The number of carbonyl (C=O) groups is 1. The molecule has 2 rings (SSSR count). The summed E-state index contributed by atoms with van der Waals surface area (Å²) in [4.78, 5) is 21.9. The summed E-state index contributed by atoms with van der Waals surface area (Å²) in [6, 6.07) is 6.90. The lowest BCUT2D eigenvalue weighted by Gasteiger charge is -2.12. The smallest absolute Gasteiger partial charge is 0.319 e. The third kappa shape index (κ3) is 4.41. The minimum Gasteiger partial charge on any atom is -0.363 e. The first-order valence-electron chi connectivity index (χ1n) is 6.34. The van der Waals surface area contributed by atoms with Crippen molar-refractivity contribution in [3.05, 3.63) is 48.2 Å². The van der Waals surface area contributed by atoms with Crippen LogP contribution in [0.1, 0.15) is 5.82 Å². The molecular weight excluding hydrogens is 273 g/mol. The van der Waals surface area contributed by atoms with Gasteiger partial charge < -0.3 is 15.5 Å². The molecule has 2 N–H and O–H groups in total. The van der Waals surface area contributed by atoms with E-state index < -0.39 is 6.03 Å². The SMILES string of the molecule is CN(C)c1ccnc(CNC(=O)Nc2ccc(F)cc2)n1. The Kier molecular flexibility index (Phi) is 4.65. The quantitative estimate of drug-likeness (QED) is 0.903. The summed E-state index contributed by atoms with van der Waals surface area (Å²) in [5, 5.41) is 5.23. The van der Waals surface area contributed by atoms with E-state index in [0.717, 1.165) is 5.82 Å². The van der Waals surface area contributed by atoms with Crippen LogP contribution < -0.4 is 15.5 Å². The van der Waals surface area contributed by atoms with Crippen molar-refractivity contribution in [3.8, 4) is 0 Å². The zero-order chi connectivity index (χ0) is 15.2. The lowest BCUT2D eigenvalue weighted by Crippen LogP contribution is -2.29. The third-order valence-corrected chi connectivity index (χ3v) is 2.66. The summed E-state index contributed by atoms with van der Waals surface area (Å²) < 4.78 is 12.7. The van der Waals surface area contributed by atoms with Gasteiger partial charge in [0.2, 0.25) is 0 Å². The second kappa shape index (κ2) is 6.65. The van der Waals surface area contributed by atoms with Gasteiger partial charge in [0.15, 0.2) is 0 Å². The Hall–Kier alpha value is -2.70. The number of amides is 2. The molecule has 0 fully saturated rings. The molecule has 0 atom stereocenters. The Morgan fingerprint density at radius 2 is 1.95 bits per heavy atom. The van der Waals surface area contributed by atoms with Crippen LogP contribution in [0.4, 0.5) is 20.7 Å². The lowest BCUT2D eigenvalue weighted by molar-refractivity contribution is 0.251. The van der Waals surface area contributed by atoms with E-state index in [-0.39, 0.29) is 12.4 Å². The van der Waals surface area contributed by atoms with Gasteiger partial charge in [-0.15, -0.1) is 0 Å². The first kappa shape index (κ1) is 14.7. The molecule has 21 heavy (non-hydrogen) atoms. The Morgan fingerprint density at radius 3 is 2.62 bits per heavy atom. The van der Waals surface area contributed by atoms with Crippen LogP contribution in [0.2, 0.25) is 0 Å². The molecule has 6 nitrogen and oxygen atoms in total. The summed E-state index contributed by atoms with van der Waals surface area (Å²) in [6.45, 7) is 0.203. The van der Waals surface area contributed by atoms with Crippen LogP contribution in [-0.4, -0.2) is 30.1 Å². The Balaban J connectivity index is 1.89. The Morgan fingerprint density at radius 1 is 1.24 bits per heavy atom. The number of urea groups is 1. The van der Waals surface area contributed by atoms with Gasteiger partial charge in [-0.25, -0.2) is 19.2 Å². The summed E-state index contributed by atoms with van der Waals surface area (Å²) in [6.07, 6.45) is 1.64. The van der Waals surface area contributed by atoms with Crippen LogP contribution in [0.5, 0.6) is 0 Å². The van der Waals surface area contributed by atoms with Gasteiger partial charge in [-0.1, -0.05) is 0 Å². The summed E-state index contributed by atoms with van der Waals surface area (Å²) in [5.41, 5.74) is 0.511. The van der Waals surface area contributed by atoms with E-state index in [2.05, 4.69) is 20.6 Å². The molecule has 0 saturated carbocycles. The summed E-state index contributed by atoms with van der Waals surface area (Å²) in [5.74, 6) is 0.922. The maximum atomic E-state index is 12.7. The maximum Gasteiger partial charge on any atom is 0.319 e. The van der Waals surface area contributed by atoms with Crippen LogP contribution in [0.15, 0.2) is 36.5 Å². The number of hydrogen-bond donors (Lipinski definition) is 2. The van der Waals surface area contributed by atoms with Gasteiger partial charge in [0.25, 0.3) is 0 Å². The molecule has 1 aromatic carbocycles. The highest BCUT2D eigenvalue weighted by atomic mass is 19.1. The van der Waals surface area contributed by atoms with E-state index in [4.69, 9.17) is 0 Å². The average Bonchev–Trinajstić information content (AvgIpc) is 2.48. The molecule has 1 aromatic heterocycles. The highest BCUT2D eigenvalue weighted by Gasteiger charge is 2.05. The standard InChI is InChI=1S/C14H16FN5O/c1-20(2)13-7-8-16-12(19-13)9-17-14(21)18-11-5-3-10(15)4-6-11/h3-8H,9H2,1-2H3,(H2,17,18,21). The van der Waals surface area contributed by atoms with Crippen molar-refractivity contribution in [2.75, 3.05) is 24.3 Å². The lowest BCUT2D eigenvalue weighted by atomic mass is 10.3. The molecule has 2 aromatic rings. The van der Waals surface area contributed by atoms with E-state index in [1.54, 1.807) is 12.3 Å². The van der Waals surface area contributed by atoms with Crippen molar-refractivity contribution in [1.29, 1.82) is 0 Å². The fourth-order valence-corrected chi connectivity index (χ4v) is 1.59. The zero-order valence-electron chi connectivity index (χ0n) is 11.8. The molecule has 2 amide bonds. The van der Waals surface area contributed by atoms with E-state index >= 15 is 0 Å². The first-order chi connectivity index (χ1) is 10.0. The highest BCUT2D eigenvalue weighted by Crippen LogP contribution is 2.08. The number of nitrogens with one attached hydrogen (secondary N) is 2. The van der Waals surface area contributed by atoms with Crippen molar-refractivity contribution < 1.29 is 9.18 Å². The van der Waals surface area contributed by atoms with Gasteiger partial charge in [0.05, 0.1) is 6.54 Å². The van der Waals surface area contributed by atoms with Crippen molar-refractivity contribution in [2.24, 2.45) is 0 Å². The second-order valence-electron chi connectivity index (χ2n) is 4.54. The summed E-state index contributed by atoms with van der Waals surface area (Å²) >= 11 is 0. The van der Waals surface area contributed by atoms with Gasteiger partial charge >= 0.3 is 6.03 Å². The average molecular weight is 289 g/mol. The minimum absolute atomic E-state index is 0.203. The van der Waals surface area contributed by atoms with Gasteiger partial charge in [0, 0.05) is 26.0 Å². The van der Waals surface area contributed by atoms with Gasteiger partial charge in [-0.3, -0.25) is 0 Å². The minimum atomic E-state index is -0.402. The van der Waals surface area contributed by atoms with Crippen LogP contribution in [0.3, 0.4) is 0 Å². The van der Waals surface area contributed by atoms with Crippen LogP contribution in [0, 0.1) is 5.82 Å². The number of carbonyl (C=O) groups excluding carboxylic acids is 1. The third-order valence-electron chi connectivity index (χ3n) is 2.66. The predicted octanol–water partition coefficient (Wildman–Crippen LogP) is 2.00. The molecule has 0 saturated heterocycles. The van der Waals surface area contributed by atoms with Crippen molar-refractivity contribution >= 4 is 17.5 Å². The van der Waals surface area contributed by atoms with Crippen molar-refractivity contribution in [1.82, 2.24) is 15.3 Å². The molecule has 0 bridgehead atoms. The molecule has 0 aliphatic heterocycles. The normalized spacial score (nSPS) is 10.0. The van der Waals surface area contributed by atoms with E-state index in [1.165, 1.54) is 24.3 Å². The van der Waals surface area contributed by atoms with Crippen molar-refractivity contribution in [3.63, 3.8) is 0 Å². The number of benzene rings is 1. The first-order valence-corrected chi connectivity index (χ1v) is 6.34. The van der Waals surface area contributed by atoms with E-state index in [9.17, 15) is 9.18 Å². The Labute approximate surface area is 122 Å². The molecule has 0 aliphatic rings. The fraction of sp³-hybridized carbons (Fsp3) is 0.214. The molecule has 1 heterocycles. The Bertz CT molecular complexity index is 615.